The molecule has 0 aliphatic heterocycles. The number of hydrogen-bond acceptors (Lipinski definition) is 4. The minimum Gasteiger partial charge on any atom is -0.309 e. The Hall–Kier alpha value is -0.640. The van der Waals surface area contributed by atoms with E-state index in [0.717, 1.165) is 26.1 Å². The Morgan fingerprint density at radius 1 is 1.33 bits per heavy atom. The van der Waals surface area contributed by atoms with E-state index in [0.29, 0.717) is 0 Å². The smallest absolute Gasteiger partial charge is 0.309 e. The Labute approximate surface area is 91.3 Å². The predicted octanol–water partition coefficient (Wildman–Crippen LogP) is 0.760. The number of rotatable bonds is 5. The number of aliphatic imine (C=N–C) groups is 2. The highest BCUT2D eigenvalue weighted by Crippen LogP contribution is 1.98. The molecule has 88 valence electrons. The van der Waals surface area contributed by atoms with Crippen molar-refractivity contribution in [3.8, 4) is 0 Å². The van der Waals surface area contributed by atoms with Gasteiger partial charge in [0, 0.05) is 11.1 Å². The van der Waals surface area contributed by atoms with Crippen LogP contribution in [0.2, 0.25) is 0 Å². The second-order valence-electron chi connectivity index (χ2n) is 2.87. The van der Waals surface area contributed by atoms with Gasteiger partial charge < -0.3 is 4.90 Å². The van der Waals surface area contributed by atoms with Crippen LogP contribution in [0.3, 0.4) is 0 Å². The molecule has 0 amide bonds. The summed E-state index contributed by atoms with van der Waals surface area (Å²) < 4.78 is 8.70. The monoisotopic (exact) mass is 236 g/mol. The molecule has 2 N–H and O–H groups in total. The molecule has 0 aliphatic carbocycles. The molecule has 0 aromatic heterocycles. The highest BCUT2D eigenvalue weighted by molar-refractivity contribution is 7.30. The molecule has 0 saturated heterocycles. The maximum absolute atomic E-state index is 8.70. The molecule has 0 spiro atoms. The second-order valence-corrected chi connectivity index (χ2v) is 3.37. The third-order valence-electron chi connectivity index (χ3n) is 1.17. The molecule has 0 heterocycles. The Balaban J connectivity index is 0. The van der Waals surface area contributed by atoms with Crippen LogP contribution in [0.1, 0.15) is 13.3 Å². The molecule has 0 unspecified atom stereocenters. The van der Waals surface area contributed by atoms with Gasteiger partial charge in [0.2, 0.25) is 0 Å². The zero-order valence-corrected chi connectivity index (χ0v) is 10.3. The molecular weight excluding hydrogens is 217 g/mol. The van der Waals surface area contributed by atoms with E-state index in [2.05, 4.69) is 35.0 Å². The van der Waals surface area contributed by atoms with Crippen molar-refractivity contribution >= 4 is 14.3 Å². The predicted molar refractivity (Wildman–Crippen MR) is 60.5 cm³/mol. The number of hydrogen-bond donors (Lipinski definition) is 2. The second kappa shape index (κ2) is 13.4. The Kier molecular flexibility index (Phi) is 14.9. The van der Waals surface area contributed by atoms with Gasteiger partial charge in [-0.2, -0.15) is 0 Å². The van der Waals surface area contributed by atoms with Crippen LogP contribution in [-0.4, -0.2) is 54.4 Å². The van der Waals surface area contributed by atoms with E-state index < -0.39 is 8.25 Å². The van der Waals surface area contributed by atoms with Crippen molar-refractivity contribution < 1.29 is 14.4 Å². The van der Waals surface area contributed by atoms with E-state index in [1.165, 1.54) is 0 Å². The van der Waals surface area contributed by atoms with Crippen LogP contribution < -0.4 is 0 Å². The molecule has 0 saturated carbocycles. The summed E-state index contributed by atoms with van der Waals surface area (Å²) >= 11 is 0. The molecule has 0 rings (SSSR count). The quantitative estimate of drug-likeness (QED) is 0.419. The summed E-state index contributed by atoms with van der Waals surface area (Å²) in [5, 5.41) is 0. The topological polar surface area (TPSA) is 85.5 Å². The highest BCUT2D eigenvalue weighted by Gasteiger charge is 1.93. The van der Waals surface area contributed by atoms with Crippen molar-refractivity contribution in [2.75, 3.05) is 33.7 Å². The van der Waals surface area contributed by atoms with Crippen LogP contribution in [-0.2, 0) is 4.57 Å². The zero-order valence-electron chi connectivity index (χ0n) is 9.42. The summed E-state index contributed by atoms with van der Waals surface area (Å²) in [6.45, 7) is 4.67. The van der Waals surface area contributed by atoms with Crippen molar-refractivity contribution in [2.45, 2.75) is 13.3 Å². The van der Waals surface area contributed by atoms with Crippen LogP contribution in [0, 0.1) is 0 Å². The van der Waals surface area contributed by atoms with E-state index in [4.69, 9.17) is 14.4 Å². The summed E-state index contributed by atoms with van der Waals surface area (Å²) in [5.74, 6) is 0. The first kappa shape index (κ1) is 16.8. The first-order valence-corrected chi connectivity index (χ1v) is 5.75. The van der Waals surface area contributed by atoms with E-state index in [1.54, 1.807) is 0 Å². The summed E-state index contributed by atoms with van der Waals surface area (Å²) in [4.78, 5) is 24.2. The zero-order chi connectivity index (χ0) is 12.1. The van der Waals surface area contributed by atoms with Gasteiger partial charge in [-0.1, -0.05) is 0 Å². The average Bonchev–Trinajstić information content (AvgIpc) is 2.09. The van der Waals surface area contributed by atoms with Gasteiger partial charge in [0.25, 0.3) is 0 Å². The SMILES string of the molecule is CCN=C=NCCCN(C)C.O=[P+](O)O. The largest absolute Gasteiger partial charge is 0.692 e. The van der Waals surface area contributed by atoms with E-state index in [-0.39, 0.29) is 0 Å². The molecule has 0 atom stereocenters. The van der Waals surface area contributed by atoms with E-state index in [9.17, 15) is 0 Å². The lowest BCUT2D eigenvalue weighted by Gasteiger charge is -2.05. The van der Waals surface area contributed by atoms with Crippen molar-refractivity contribution in [1.82, 2.24) is 4.90 Å². The molecule has 0 bridgehead atoms. The summed E-state index contributed by atoms with van der Waals surface area (Å²) in [5.41, 5.74) is 0. The van der Waals surface area contributed by atoms with Gasteiger partial charge in [-0.05, 0) is 34.0 Å². The molecule has 0 aromatic rings. The van der Waals surface area contributed by atoms with Crippen LogP contribution in [0.5, 0.6) is 0 Å². The van der Waals surface area contributed by atoms with Gasteiger partial charge >= 0.3 is 8.25 Å². The first-order valence-electron chi connectivity index (χ1n) is 4.58. The molecule has 0 aromatic carbocycles. The van der Waals surface area contributed by atoms with E-state index >= 15 is 0 Å². The van der Waals surface area contributed by atoms with Crippen molar-refractivity contribution in [3.63, 3.8) is 0 Å². The minimum absolute atomic E-state index is 0.775. The van der Waals surface area contributed by atoms with Crippen LogP contribution in [0.25, 0.3) is 0 Å². The van der Waals surface area contributed by atoms with Crippen molar-refractivity contribution in [3.05, 3.63) is 0 Å². The Morgan fingerprint density at radius 3 is 2.27 bits per heavy atom. The average molecular weight is 236 g/mol. The minimum atomic E-state index is -2.87. The molecule has 0 radical (unpaired) electrons. The van der Waals surface area contributed by atoms with Crippen molar-refractivity contribution in [1.29, 1.82) is 0 Å². The summed E-state index contributed by atoms with van der Waals surface area (Å²) in [7, 11) is 1.25. The lowest BCUT2D eigenvalue weighted by atomic mass is 10.4. The van der Waals surface area contributed by atoms with E-state index in [1.807, 2.05) is 6.92 Å². The van der Waals surface area contributed by atoms with Crippen LogP contribution in [0.4, 0.5) is 0 Å². The highest BCUT2D eigenvalue weighted by atomic mass is 31.1. The van der Waals surface area contributed by atoms with Gasteiger partial charge in [-0.15, -0.1) is 9.79 Å². The van der Waals surface area contributed by atoms with Gasteiger partial charge in [0.15, 0.2) is 0 Å². The van der Waals surface area contributed by atoms with Crippen molar-refractivity contribution in [2.24, 2.45) is 9.98 Å². The molecule has 0 aliphatic rings. The maximum Gasteiger partial charge on any atom is 0.692 e. The first-order chi connectivity index (χ1) is 7.00. The maximum atomic E-state index is 8.70. The fraction of sp³-hybridized carbons (Fsp3) is 0.875. The molecule has 15 heavy (non-hydrogen) atoms. The fourth-order valence-electron chi connectivity index (χ4n) is 0.637. The third-order valence-corrected chi connectivity index (χ3v) is 1.17. The lowest BCUT2D eigenvalue weighted by Crippen LogP contribution is -2.13. The standard InChI is InChI=1S/C8H17N3.HO3P/c1-4-9-8-10-6-5-7-11(2)3;1-4(2)3/h4-7H2,1-3H3;(H-,1,2,3)/p+1. The van der Waals surface area contributed by atoms with Gasteiger partial charge in [0.05, 0.1) is 12.6 Å². The Bertz CT molecular complexity index is 211. The Morgan fingerprint density at radius 2 is 1.87 bits per heavy atom. The van der Waals surface area contributed by atoms with Gasteiger partial charge in [0.1, 0.15) is 0 Å². The van der Waals surface area contributed by atoms with Crippen LogP contribution in [0.15, 0.2) is 9.98 Å². The van der Waals surface area contributed by atoms with Gasteiger partial charge in [-0.3, -0.25) is 0 Å². The molecular formula is C8H19N3O3P+. The number of nitrogens with zero attached hydrogens (tertiary/aromatic N) is 3. The molecule has 7 heteroatoms. The third kappa shape index (κ3) is 31.8. The normalized spacial score (nSPS) is 8.67. The summed E-state index contributed by atoms with van der Waals surface area (Å²) in [6, 6.07) is 2.64. The summed E-state index contributed by atoms with van der Waals surface area (Å²) in [6.07, 6.45) is 1.08. The lowest BCUT2D eigenvalue weighted by molar-refractivity contribution is 0.403. The van der Waals surface area contributed by atoms with Crippen LogP contribution >= 0.6 is 8.25 Å². The molecule has 6 nitrogen and oxygen atoms in total. The fourth-order valence-corrected chi connectivity index (χ4v) is 0.637. The molecule has 0 fully saturated rings. The van der Waals surface area contributed by atoms with Gasteiger partial charge in [-0.25, -0.2) is 9.98 Å².